The summed E-state index contributed by atoms with van der Waals surface area (Å²) in [5, 5.41) is 0. The summed E-state index contributed by atoms with van der Waals surface area (Å²) in [6.07, 6.45) is 0. The topological polar surface area (TPSA) is 0 Å². The van der Waals surface area contributed by atoms with Crippen LogP contribution in [0.15, 0.2) is 0 Å². The predicted molar refractivity (Wildman–Crippen MR) is 33.4 cm³/mol. The third-order valence-corrected chi connectivity index (χ3v) is 0. The van der Waals surface area contributed by atoms with Crippen LogP contribution in [0.1, 0.15) is 6.92 Å². The molecule has 0 fully saturated rings. The summed E-state index contributed by atoms with van der Waals surface area (Å²) in [5.74, 6) is 0. The summed E-state index contributed by atoms with van der Waals surface area (Å²) < 4.78 is 0.942. The molecule has 0 aromatic rings. The third kappa shape index (κ3) is 12.5. The fraction of sp³-hybridized carbons (Fsp3) is 1.00. The van der Waals surface area contributed by atoms with Gasteiger partial charge in [-0.2, -0.15) is 0 Å². The van der Waals surface area contributed by atoms with Gasteiger partial charge in [0.15, 0.2) is 0 Å². The highest BCUT2D eigenvalue weighted by atomic mass is 127. The Morgan fingerprint density at radius 2 is 2.00 bits per heavy atom. The lowest BCUT2D eigenvalue weighted by molar-refractivity contribution is 1.46. The fourth-order valence-corrected chi connectivity index (χ4v) is 0. The normalized spacial score (nSPS) is 16.5. The van der Waals surface area contributed by atoms with E-state index in [2.05, 4.69) is 29.5 Å². The van der Waals surface area contributed by atoms with Crippen molar-refractivity contribution in [1.29, 1.82) is 0 Å². The summed E-state index contributed by atoms with van der Waals surface area (Å²) in [6, 6.07) is 0. The summed E-state index contributed by atoms with van der Waals surface area (Å²) in [4.78, 5) is 0. The molecule has 1 atom stereocenters. The molecule has 2 heteroatoms. The van der Waals surface area contributed by atoms with E-state index in [0.717, 1.165) is 3.55 Å². The average Bonchev–Trinajstić information content (AvgIpc) is 0.811. The molecule has 0 amide bonds. The second kappa shape index (κ2) is 2.20. The molecule has 1 unspecified atom stereocenters. The molecule has 0 saturated carbocycles. The van der Waals surface area contributed by atoms with Crippen molar-refractivity contribution in [2.45, 2.75) is 10.5 Å². The molecular weight excluding hydrogens is 179 g/mol. The van der Waals surface area contributed by atoms with E-state index >= 15 is 0 Å². The lowest BCUT2D eigenvalue weighted by Gasteiger charge is -1.76. The van der Waals surface area contributed by atoms with Crippen LogP contribution in [0.5, 0.6) is 0 Å². The van der Waals surface area contributed by atoms with E-state index in [9.17, 15) is 0 Å². The molecule has 0 aliphatic heterocycles. The van der Waals surface area contributed by atoms with Crippen molar-refractivity contribution >= 4 is 32.8 Å². The van der Waals surface area contributed by atoms with Crippen LogP contribution in [0.3, 0.4) is 0 Å². The second-order valence-corrected chi connectivity index (χ2v) is 7.59. The first-order chi connectivity index (χ1) is 1.73. The Labute approximate surface area is 43.5 Å². The van der Waals surface area contributed by atoms with Gasteiger partial charge in [-0.1, -0.05) is 29.5 Å². The maximum Gasteiger partial charge on any atom is 0.0187 e. The van der Waals surface area contributed by atoms with Crippen molar-refractivity contribution in [2.24, 2.45) is 0 Å². The van der Waals surface area contributed by atoms with Gasteiger partial charge in [0.1, 0.15) is 0 Å². The third-order valence-electron chi connectivity index (χ3n) is 0. The zero-order chi connectivity index (χ0) is 3.58. The van der Waals surface area contributed by atoms with Gasteiger partial charge in [-0.25, -0.2) is 0 Å². The minimum absolute atomic E-state index is 0.942. The Morgan fingerprint density at radius 3 is 2.00 bits per heavy atom. The minimum Gasteiger partial charge on any atom is -0.0875 e. The molecule has 0 bridgehead atoms. The molecule has 0 aliphatic carbocycles. The number of hydrogen-bond acceptors (Lipinski definition) is 0. The van der Waals surface area contributed by atoms with E-state index in [0.29, 0.717) is 0 Å². The zero-order valence-electron chi connectivity index (χ0n) is 2.96. The summed E-state index contributed by atoms with van der Waals surface area (Å²) in [7, 11) is 1.34. The van der Waals surface area contributed by atoms with Crippen LogP contribution < -0.4 is 0 Å². The van der Waals surface area contributed by atoms with Gasteiger partial charge >= 0.3 is 0 Å². The second-order valence-electron chi connectivity index (χ2n) is 1.01. The standard InChI is InChI=1S/C2H7ISi/c1-2(3)4/h2H,1,4H3. The van der Waals surface area contributed by atoms with Crippen LogP contribution >= 0.6 is 22.6 Å². The van der Waals surface area contributed by atoms with Crippen molar-refractivity contribution in [3.05, 3.63) is 0 Å². The first-order valence-corrected chi connectivity index (χ1v) is 3.77. The van der Waals surface area contributed by atoms with Gasteiger partial charge in [0, 0.05) is 10.2 Å². The molecule has 4 heavy (non-hydrogen) atoms. The molecule has 0 aromatic heterocycles. The van der Waals surface area contributed by atoms with Crippen LogP contribution in [0.2, 0.25) is 0 Å². The molecule has 0 spiro atoms. The quantitative estimate of drug-likeness (QED) is 0.286. The highest BCUT2D eigenvalue weighted by Gasteiger charge is 1.71. The van der Waals surface area contributed by atoms with Gasteiger partial charge in [-0.05, 0) is 3.55 Å². The van der Waals surface area contributed by atoms with Crippen molar-refractivity contribution in [2.75, 3.05) is 0 Å². The van der Waals surface area contributed by atoms with Gasteiger partial charge in [0.05, 0.1) is 0 Å². The van der Waals surface area contributed by atoms with E-state index in [1.807, 2.05) is 0 Å². The lowest BCUT2D eigenvalue weighted by atomic mass is 11.0. The Bertz CT molecular complexity index is 10.8. The highest BCUT2D eigenvalue weighted by molar-refractivity contribution is 14.1. The SMILES string of the molecule is CC([SiH3])I. The zero-order valence-corrected chi connectivity index (χ0v) is 7.11. The Hall–Kier alpha value is 0.947. The van der Waals surface area contributed by atoms with E-state index < -0.39 is 0 Å². The number of halogens is 1. The first-order valence-electron chi connectivity index (χ1n) is 1.37. The summed E-state index contributed by atoms with van der Waals surface area (Å²) in [5.41, 5.74) is 0. The van der Waals surface area contributed by atoms with Gasteiger partial charge in [0.25, 0.3) is 0 Å². The average molecular weight is 186 g/mol. The van der Waals surface area contributed by atoms with E-state index in [1.54, 1.807) is 0 Å². The maximum atomic E-state index is 2.41. The molecular formula is C2H7ISi. The fourth-order valence-electron chi connectivity index (χ4n) is 0. The van der Waals surface area contributed by atoms with E-state index in [4.69, 9.17) is 0 Å². The molecule has 0 nitrogen and oxygen atoms in total. The van der Waals surface area contributed by atoms with Crippen LogP contribution in [0.25, 0.3) is 0 Å². The maximum absolute atomic E-state index is 2.41. The Morgan fingerprint density at radius 1 is 2.00 bits per heavy atom. The molecule has 0 radical (unpaired) electrons. The van der Waals surface area contributed by atoms with Crippen LogP contribution in [0.4, 0.5) is 0 Å². The predicted octanol–water partition coefficient (Wildman–Crippen LogP) is 0.133. The van der Waals surface area contributed by atoms with Crippen LogP contribution in [0, 0.1) is 0 Å². The monoisotopic (exact) mass is 186 g/mol. The van der Waals surface area contributed by atoms with Gasteiger partial charge < -0.3 is 0 Å². The van der Waals surface area contributed by atoms with E-state index in [1.165, 1.54) is 10.2 Å². The Kier molecular flexibility index (Phi) is 2.72. The molecule has 0 N–H and O–H groups in total. The molecule has 26 valence electrons. The molecule has 0 saturated heterocycles. The lowest BCUT2D eigenvalue weighted by Crippen LogP contribution is -1.80. The smallest absolute Gasteiger partial charge is 0.0187 e. The summed E-state index contributed by atoms with van der Waals surface area (Å²) >= 11 is 2.41. The van der Waals surface area contributed by atoms with Gasteiger partial charge in [-0.15, -0.1) is 0 Å². The van der Waals surface area contributed by atoms with Gasteiger partial charge in [0.2, 0.25) is 0 Å². The highest BCUT2D eigenvalue weighted by Crippen LogP contribution is 1.86. The van der Waals surface area contributed by atoms with Crippen molar-refractivity contribution in [3.63, 3.8) is 0 Å². The van der Waals surface area contributed by atoms with Crippen LogP contribution in [-0.4, -0.2) is 13.8 Å². The van der Waals surface area contributed by atoms with Crippen molar-refractivity contribution < 1.29 is 0 Å². The summed E-state index contributed by atoms with van der Waals surface area (Å²) in [6.45, 7) is 2.22. The Balaban J connectivity index is 2.32. The largest absolute Gasteiger partial charge is 0.0875 e. The molecule has 0 aliphatic rings. The van der Waals surface area contributed by atoms with E-state index in [-0.39, 0.29) is 0 Å². The molecule has 0 heterocycles. The van der Waals surface area contributed by atoms with Crippen molar-refractivity contribution in [1.82, 2.24) is 0 Å². The molecule has 0 aromatic carbocycles. The van der Waals surface area contributed by atoms with Gasteiger partial charge in [-0.3, -0.25) is 0 Å². The first kappa shape index (κ1) is 4.95. The minimum atomic E-state index is 0.942. The van der Waals surface area contributed by atoms with Crippen molar-refractivity contribution in [3.8, 4) is 0 Å². The van der Waals surface area contributed by atoms with Crippen LogP contribution in [-0.2, 0) is 0 Å². The molecule has 0 rings (SSSR count). The number of rotatable bonds is 0. The number of hydrogen-bond donors (Lipinski definition) is 0. The number of alkyl halides is 1.